The molecule has 1 N–H and O–H groups in total. The zero-order valence-electron chi connectivity index (χ0n) is 12.3. The third kappa shape index (κ3) is 3.53. The maximum Gasteiger partial charge on any atom is 1.00 e. The van der Waals surface area contributed by atoms with Crippen LogP contribution < -0.4 is 34.7 Å². The molecule has 2 rings (SSSR count). The van der Waals surface area contributed by atoms with Gasteiger partial charge in [-0.15, -0.1) is 11.8 Å². The van der Waals surface area contributed by atoms with Gasteiger partial charge in [-0.2, -0.15) is 5.26 Å². The van der Waals surface area contributed by atoms with Crippen LogP contribution in [0.25, 0.3) is 0 Å². The molecule has 9 nitrogen and oxygen atoms in total. The number of ether oxygens (including phenoxy) is 1. The average molecular weight is 347 g/mol. The fourth-order valence-electron chi connectivity index (χ4n) is 2.13. The molecular formula is C12H10N3NaO6S. The molecule has 0 aromatic heterocycles. The summed E-state index contributed by atoms with van der Waals surface area (Å²) in [4.78, 5) is 39.5. The maximum atomic E-state index is 12.0. The van der Waals surface area contributed by atoms with E-state index >= 15 is 0 Å². The van der Waals surface area contributed by atoms with E-state index in [2.05, 4.69) is 9.73 Å². The second kappa shape index (κ2) is 7.83. The van der Waals surface area contributed by atoms with Crippen molar-refractivity contribution >= 4 is 35.5 Å². The molecule has 2 atom stereocenters. The van der Waals surface area contributed by atoms with Crippen LogP contribution in [-0.2, 0) is 19.1 Å². The molecule has 2 unspecified atom stereocenters. The molecule has 0 radical (unpaired) electrons. The van der Waals surface area contributed by atoms with Crippen molar-refractivity contribution in [3.63, 3.8) is 0 Å². The first kappa shape index (κ1) is 19.5. The molecule has 23 heavy (non-hydrogen) atoms. The molecule has 0 aromatic carbocycles. The van der Waals surface area contributed by atoms with Gasteiger partial charge < -0.3 is 14.9 Å². The van der Waals surface area contributed by atoms with Gasteiger partial charge in [0, 0.05) is 5.75 Å². The molecule has 0 bridgehead atoms. The second-order valence-corrected chi connectivity index (χ2v) is 5.44. The van der Waals surface area contributed by atoms with Gasteiger partial charge >= 0.3 is 41.5 Å². The van der Waals surface area contributed by atoms with E-state index in [1.54, 1.807) is 6.07 Å². The van der Waals surface area contributed by atoms with Crippen LogP contribution in [0.5, 0.6) is 0 Å². The van der Waals surface area contributed by atoms with E-state index in [4.69, 9.17) is 5.26 Å². The predicted molar refractivity (Wildman–Crippen MR) is 71.2 cm³/mol. The maximum absolute atomic E-state index is 12.0. The molecule has 2 aliphatic rings. The Hall–Kier alpha value is -1.54. The summed E-state index contributed by atoms with van der Waals surface area (Å²) in [5, 5.41) is 28.3. The summed E-state index contributed by atoms with van der Waals surface area (Å²) in [5.41, 5.74) is -0.564. The topological polar surface area (TPSA) is 143 Å². The normalized spacial score (nSPS) is 23.2. The summed E-state index contributed by atoms with van der Waals surface area (Å²) in [5.74, 6) is -3.65. The van der Waals surface area contributed by atoms with E-state index in [9.17, 15) is 24.6 Å². The van der Waals surface area contributed by atoms with Crippen molar-refractivity contribution in [2.75, 3.05) is 12.9 Å². The number of carbonyl (C=O) groups is 3. The summed E-state index contributed by atoms with van der Waals surface area (Å²) in [6.45, 7) is 0. The Labute approximate surface area is 157 Å². The summed E-state index contributed by atoms with van der Waals surface area (Å²) in [6.07, 6.45) is -0.448. The number of nitrogens with zero attached hydrogens (tertiary/aromatic N) is 3. The third-order valence-corrected chi connectivity index (χ3v) is 4.35. The van der Waals surface area contributed by atoms with Gasteiger partial charge in [-0.3, -0.25) is 14.7 Å². The average Bonchev–Trinajstić information content (AvgIpc) is 2.50. The van der Waals surface area contributed by atoms with Crippen LogP contribution in [0, 0.1) is 11.3 Å². The smallest absolute Gasteiger partial charge is 0.861 e. The number of rotatable bonds is 4. The minimum absolute atomic E-state index is 0. The van der Waals surface area contributed by atoms with Gasteiger partial charge in [0.1, 0.15) is 11.1 Å². The molecule has 1 fully saturated rings. The number of methoxy groups -OCH3 is 1. The Bertz CT molecular complexity index is 656. The summed E-state index contributed by atoms with van der Waals surface area (Å²) >= 11 is 1.11. The number of aliphatic imine (C=N–C) groups is 1. The number of amides is 1. The quantitative estimate of drug-likeness (QED) is 0.176. The van der Waals surface area contributed by atoms with Crippen molar-refractivity contribution < 1.29 is 58.9 Å². The largest absolute Gasteiger partial charge is 1.00 e. The number of thioether (sulfide) groups is 1. The minimum atomic E-state index is -1.43. The molecule has 0 aliphatic carbocycles. The third-order valence-electron chi connectivity index (χ3n) is 3.09. The molecular weight excluding hydrogens is 337 g/mol. The first-order valence-corrected chi connectivity index (χ1v) is 7.07. The number of aliphatic carboxylic acids is 1. The first-order chi connectivity index (χ1) is 10.4. The van der Waals surface area contributed by atoms with Gasteiger partial charge in [0.15, 0.2) is 6.04 Å². The van der Waals surface area contributed by atoms with Crippen LogP contribution in [0.1, 0.15) is 6.42 Å². The molecule has 2 aliphatic heterocycles. The molecule has 0 spiro atoms. The zero-order chi connectivity index (χ0) is 16.4. The Morgan fingerprint density at radius 3 is 2.78 bits per heavy atom. The fourth-order valence-corrected chi connectivity index (χ4v) is 3.44. The van der Waals surface area contributed by atoms with Crippen molar-refractivity contribution in [1.82, 2.24) is 4.90 Å². The van der Waals surface area contributed by atoms with E-state index in [1.165, 1.54) is 0 Å². The number of fused-ring (bicyclic) bond motifs is 1. The number of carboxylic acids is 1. The molecule has 2 heterocycles. The van der Waals surface area contributed by atoms with Crippen molar-refractivity contribution in [3.8, 4) is 6.07 Å². The first-order valence-electron chi connectivity index (χ1n) is 6.02. The SMILES string of the molecule is COC(=O)C1=C(C(=O)O)N2C(=O)C(N=C([O-])CC#N)C2SC1.[Na+]. The van der Waals surface area contributed by atoms with Crippen LogP contribution in [0.3, 0.4) is 0 Å². The van der Waals surface area contributed by atoms with Gasteiger partial charge in [0.05, 0.1) is 25.2 Å². The Balaban J connectivity index is 0.00000264. The van der Waals surface area contributed by atoms with Crippen LogP contribution in [0.4, 0.5) is 0 Å². The standard InChI is InChI=1S/C12H11N3O6S.Na/c1-21-12(20)5-4-22-10-7(14-6(16)2-3-13)9(17)15(10)8(5)11(18)19;/h7,10H,2,4H2,1H3,(H,14,16)(H,18,19);/q;+1/p-1. The fraction of sp³-hybridized carbons (Fsp3) is 0.417. The molecule has 1 amide bonds. The minimum Gasteiger partial charge on any atom is -0.861 e. The van der Waals surface area contributed by atoms with Gasteiger partial charge in [0.2, 0.25) is 0 Å². The summed E-state index contributed by atoms with van der Waals surface area (Å²) in [7, 11) is 1.11. The molecule has 11 heteroatoms. The summed E-state index contributed by atoms with van der Waals surface area (Å²) in [6, 6.07) is 0.597. The van der Waals surface area contributed by atoms with Gasteiger partial charge in [-0.05, 0) is 5.90 Å². The number of carboxylic acid groups (broad SMARTS) is 1. The van der Waals surface area contributed by atoms with Crippen molar-refractivity contribution in [2.24, 2.45) is 4.99 Å². The number of hydrogen-bond acceptors (Lipinski definition) is 8. The van der Waals surface area contributed by atoms with Gasteiger partial charge in [-0.1, -0.05) is 0 Å². The number of β-lactam (4-membered cyclic amide) rings is 1. The van der Waals surface area contributed by atoms with E-state index in [0.717, 1.165) is 23.8 Å². The number of nitriles is 1. The Morgan fingerprint density at radius 1 is 1.61 bits per heavy atom. The summed E-state index contributed by atoms with van der Waals surface area (Å²) < 4.78 is 4.51. The van der Waals surface area contributed by atoms with E-state index in [-0.39, 0.29) is 40.9 Å². The molecule has 1 saturated heterocycles. The predicted octanol–water partition coefficient (Wildman–Crippen LogP) is -4.54. The number of carbonyl (C=O) groups excluding carboxylic acids is 2. The monoisotopic (exact) mass is 347 g/mol. The van der Waals surface area contributed by atoms with Crippen molar-refractivity contribution in [2.45, 2.75) is 17.8 Å². The van der Waals surface area contributed by atoms with E-state index < -0.39 is 47.3 Å². The second-order valence-electron chi connectivity index (χ2n) is 4.34. The van der Waals surface area contributed by atoms with Gasteiger partial charge in [0.25, 0.3) is 5.91 Å². The van der Waals surface area contributed by atoms with Crippen molar-refractivity contribution in [1.29, 1.82) is 5.26 Å². The van der Waals surface area contributed by atoms with E-state index in [1.807, 2.05) is 0 Å². The Morgan fingerprint density at radius 2 is 2.26 bits per heavy atom. The molecule has 116 valence electrons. The van der Waals surface area contributed by atoms with Crippen LogP contribution in [-0.4, -0.2) is 58.0 Å². The number of esters is 1. The van der Waals surface area contributed by atoms with Crippen LogP contribution in [0.2, 0.25) is 0 Å². The van der Waals surface area contributed by atoms with Crippen LogP contribution >= 0.6 is 11.8 Å². The zero-order valence-corrected chi connectivity index (χ0v) is 15.1. The van der Waals surface area contributed by atoms with E-state index in [0.29, 0.717) is 0 Å². The van der Waals surface area contributed by atoms with Gasteiger partial charge in [-0.25, -0.2) is 9.59 Å². The molecule has 0 aromatic rings. The Kier molecular flexibility index (Phi) is 6.64. The van der Waals surface area contributed by atoms with Crippen LogP contribution in [0.15, 0.2) is 16.3 Å². The molecule has 0 saturated carbocycles. The van der Waals surface area contributed by atoms with Crippen molar-refractivity contribution in [3.05, 3.63) is 11.3 Å². The number of hydrogen-bond donors (Lipinski definition) is 1.